The number of anilines is 3. The second-order valence-corrected chi connectivity index (χ2v) is 6.26. The fourth-order valence-electron chi connectivity index (χ4n) is 2.95. The van der Waals surface area contributed by atoms with Crippen LogP contribution in [0.4, 0.5) is 17.2 Å². The highest BCUT2D eigenvalue weighted by Crippen LogP contribution is 2.26. The number of pyridine rings is 1. The Labute approximate surface area is 140 Å². The van der Waals surface area contributed by atoms with E-state index < -0.39 is 0 Å². The Bertz CT molecular complexity index is 878. The number of hydrogen-bond acceptors (Lipinski definition) is 6. The van der Waals surface area contributed by atoms with Gasteiger partial charge >= 0.3 is 0 Å². The molecule has 0 saturated carbocycles. The lowest BCUT2D eigenvalue weighted by Crippen LogP contribution is -2.44. The van der Waals surface area contributed by atoms with Crippen LogP contribution in [0.25, 0.3) is 22.6 Å². The van der Waals surface area contributed by atoms with Crippen LogP contribution in [-0.2, 0) is 0 Å². The highest BCUT2D eigenvalue weighted by Gasteiger charge is 2.16. The van der Waals surface area contributed by atoms with Crippen LogP contribution in [0.5, 0.6) is 0 Å². The summed E-state index contributed by atoms with van der Waals surface area (Å²) in [6.07, 6.45) is 0. The fourth-order valence-corrected chi connectivity index (χ4v) is 2.95. The molecular formula is C17H21N7. The highest BCUT2D eigenvalue weighted by atomic mass is 15.3. The van der Waals surface area contributed by atoms with E-state index in [1.54, 1.807) is 6.07 Å². The van der Waals surface area contributed by atoms with Gasteiger partial charge in [-0.25, -0.2) is 9.97 Å². The molecule has 7 heteroatoms. The second-order valence-electron chi connectivity index (χ2n) is 6.26. The molecule has 0 bridgehead atoms. The van der Waals surface area contributed by atoms with Crippen LogP contribution in [0.2, 0.25) is 0 Å². The number of nitrogens with two attached hydrogens (primary N) is 2. The van der Waals surface area contributed by atoms with Gasteiger partial charge in [0.1, 0.15) is 11.6 Å². The zero-order valence-corrected chi connectivity index (χ0v) is 13.7. The SMILES string of the molecule is CN1CCN(c2ccc3[nH]c(-c4ccc(N)c(N)c4)nc3n2)CC1. The standard InChI is InChI=1S/C17H21N7/c1-23-6-8-24(9-7-23)15-5-4-14-17(21-15)22-16(20-14)11-2-3-12(18)13(19)10-11/h2-5,10H,6-9,18-19H2,1H3,(H,20,21,22). The number of piperazine rings is 1. The van der Waals surface area contributed by atoms with Crippen molar-refractivity contribution in [1.29, 1.82) is 0 Å². The molecule has 3 heterocycles. The largest absolute Gasteiger partial charge is 0.397 e. The summed E-state index contributed by atoms with van der Waals surface area (Å²) in [5.41, 5.74) is 15.3. The maximum atomic E-state index is 5.89. The number of benzene rings is 1. The summed E-state index contributed by atoms with van der Waals surface area (Å²) in [7, 11) is 2.15. The molecule has 0 aliphatic carbocycles. The average Bonchev–Trinajstić information content (AvgIpc) is 3.01. The van der Waals surface area contributed by atoms with Gasteiger partial charge in [-0.3, -0.25) is 0 Å². The van der Waals surface area contributed by atoms with E-state index in [1.807, 2.05) is 24.3 Å². The summed E-state index contributed by atoms with van der Waals surface area (Å²) in [5.74, 6) is 1.73. The zero-order chi connectivity index (χ0) is 16.7. The number of hydrogen-bond donors (Lipinski definition) is 3. The number of H-pyrrole nitrogens is 1. The highest BCUT2D eigenvalue weighted by molar-refractivity contribution is 5.79. The monoisotopic (exact) mass is 323 g/mol. The molecule has 0 amide bonds. The van der Waals surface area contributed by atoms with Crippen molar-refractivity contribution in [2.24, 2.45) is 0 Å². The van der Waals surface area contributed by atoms with Crippen LogP contribution >= 0.6 is 0 Å². The van der Waals surface area contributed by atoms with Gasteiger partial charge in [-0.15, -0.1) is 0 Å². The summed E-state index contributed by atoms with van der Waals surface area (Å²) in [4.78, 5) is 17.3. The molecule has 0 radical (unpaired) electrons. The molecule has 4 rings (SSSR count). The minimum atomic E-state index is 0.555. The molecule has 24 heavy (non-hydrogen) atoms. The molecule has 0 unspecified atom stereocenters. The van der Waals surface area contributed by atoms with E-state index in [0.717, 1.165) is 54.5 Å². The first-order valence-electron chi connectivity index (χ1n) is 8.06. The number of aromatic nitrogens is 3. The molecular weight excluding hydrogens is 302 g/mol. The molecule has 124 valence electrons. The first-order valence-corrected chi connectivity index (χ1v) is 8.06. The summed E-state index contributed by atoms with van der Waals surface area (Å²) in [6.45, 7) is 4.08. The lowest BCUT2D eigenvalue weighted by Gasteiger charge is -2.33. The van der Waals surface area contributed by atoms with Crippen molar-refractivity contribution in [3.63, 3.8) is 0 Å². The van der Waals surface area contributed by atoms with Crippen LogP contribution in [0.3, 0.4) is 0 Å². The third kappa shape index (κ3) is 2.63. The predicted molar refractivity (Wildman–Crippen MR) is 97.9 cm³/mol. The number of rotatable bonds is 2. The van der Waals surface area contributed by atoms with Gasteiger partial charge in [-0.2, -0.15) is 0 Å². The van der Waals surface area contributed by atoms with Gasteiger partial charge < -0.3 is 26.3 Å². The van der Waals surface area contributed by atoms with E-state index in [-0.39, 0.29) is 0 Å². The van der Waals surface area contributed by atoms with Crippen LogP contribution < -0.4 is 16.4 Å². The topological polar surface area (TPSA) is 100 Å². The van der Waals surface area contributed by atoms with Crippen LogP contribution in [0.1, 0.15) is 0 Å². The van der Waals surface area contributed by atoms with E-state index in [4.69, 9.17) is 16.5 Å². The molecule has 1 aromatic carbocycles. The predicted octanol–water partition coefficient (Wildman–Crippen LogP) is 1.54. The Morgan fingerprint density at radius 1 is 0.958 bits per heavy atom. The molecule has 0 atom stereocenters. The van der Waals surface area contributed by atoms with Gasteiger partial charge in [0.2, 0.25) is 0 Å². The first-order chi connectivity index (χ1) is 11.6. The van der Waals surface area contributed by atoms with Crippen molar-refractivity contribution >= 4 is 28.4 Å². The van der Waals surface area contributed by atoms with Crippen molar-refractivity contribution in [2.75, 3.05) is 49.6 Å². The number of likely N-dealkylation sites (N-methyl/N-ethyl adjacent to an activating group) is 1. The number of aromatic amines is 1. The van der Waals surface area contributed by atoms with Gasteiger partial charge in [0.15, 0.2) is 5.65 Å². The molecule has 1 aliphatic heterocycles. The number of nitrogens with one attached hydrogen (secondary N) is 1. The fraction of sp³-hybridized carbons (Fsp3) is 0.294. The Balaban J connectivity index is 1.67. The molecule has 3 aromatic rings. The zero-order valence-electron chi connectivity index (χ0n) is 13.7. The van der Waals surface area contributed by atoms with Gasteiger partial charge in [0, 0.05) is 31.7 Å². The van der Waals surface area contributed by atoms with Crippen molar-refractivity contribution in [2.45, 2.75) is 0 Å². The van der Waals surface area contributed by atoms with Crippen LogP contribution in [0, 0.1) is 0 Å². The quantitative estimate of drug-likeness (QED) is 0.619. The van der Waals surface area contributed by atoms with Gasteiger partial charge in [-0.1, -0.05) is 0 Å². The van der Waals surface area contributed by atoms with Crippen molar-refractivity contribution in [1.82, 2.24) is 19.9 Å². The third-order valence-electron chi connectivity index (χ3n) is 4.52. The minimum absolute atomic E-state index is 0.555. The number of imidazole rings is 1. The Morgan fingerprint density at radius 3 is 2.50 bits per heavy atom. The van der Waals surface area contributed by atoms with Crippen LogP contribution in [-0.4, -0.2) is 53.1 Å². The number of nitrogens with zero attached hydrogens (tertiary/aromatic N) is 4. The van der Waals surface area contributed by atoms with Crippen LogP contribution in [0.15, 0.2) is 30.3 Å². The maximum absolute atomic E-state index is 5.89. The normalized spacial score (nSPS) is 16.0. The lowest BCUT2D eigenvalue weighted by molar-refractivity contribution is 0.312. The second kappa shape index (κ2) is 5.68. The first kappa shape index (κ1) is 14.8. The Morgan fingerprint density at radius 2 is 1.75 bits per heavy atom. The third-order valence-corrected chi connectivity index (χ3v) is 4.52. The molecule has 0 spiro atoms. The summed E-state index contributed by atoms with van der Waals surface area (Å²) in [6, 6.07) is 9.61. The van der Waals surface area contributed by atoms with Gasteiger partial charge in [-0.05, 0) is 37.4 Å². The molecule has 7 nitrogen and oxygen atoms in total. The molecule has 1 aliphatic rings. The van der Waals surface area contributed by atoms with E-state index in [1.165, 1.54) is 0 Å². The molecule has 1 fully saturated rings. The van der Waals surface area contributed by atoms with Gasteiger partial charge in [0.25, 0.3) is 0 Å². The summed E-state index contributed by atoms with van der Waals surface area (Å²) < 4.78 is 0. The Kier molecular flexibility index (Phi) is 3.50. The Hall–Kier alpha value is -2.80. The number of fused-ring (bicyclic) bond motifs is 1. The summed E-state index contributed by atoms with van der Waals surface area (Å²) >= 11 is 0. The van der Waals surface area contributed by atoms with Crippen molar-refractivity contribution < 1.29 is 0 Å². The van der Waals surface area contributed by atoms with E-state index in [2.05, 4.69) is 26.8 Å². The van der Waals surface area contributed by atoms with E-state index in [0.29, 0.717) is 11.4 Å². The smallest absolute Gasteiger partial charge is 0.180 e. The summed E-state index contributed by atoms with van der Waals surface area (Å²) in [5, 5.41) is 0. The van der Waals surface area contributed by atoms with Crippen molar-refractivity contribution in [3.05, 3.63) is 30.3 Å². The molecule has 2 aromatic heterocycles. The number of nitrogen functional groups attached to an aromatic ring is 2. The average molecular weight is 323 g/mol. The van der Waals surface area contributed by atoms with Gasteiger partial charge in [0.05, 0.1) is 16.9 Å². The molecule has 1 saturated heterocycles. The van der Waals surface area contributed by atoms with E-state index >= 15 is 0 Å². The van der Waals surface area contributed by atoms with Crippen molar-refractivity contribution in [3.8, 4) is 11.4 Å². The van der Waals surface area contributed by atoms with E-state index in [9.17, 15) is 0 Å². The minimum Gasteiger partial charge on any atom is -0.397 e. The maximum Gasteiger partial charge on any atom is 0.180 e. The lowest BCUT2D eigenvalue weighted by atomic mass is 10.1. The molecule has 5 N–H and O–H groups in total.